The highest BCUT2D eigenvalue weighted by molar-refractivity contribution is 6.31. The van der Waals surface area contributed by atoms with Crippen LogP contribution < -0.4 is 0 Å². The van der Waals surface area contributed by atoms with E-state index >= 15 is 0 Å². The Bertz CT molecular complexity index is 653. The van der Waals surface area contributed by atoms with Crippen LogP contribution in [0.15, 0.2) is 18.2 Å². The van der Waals surface area contributed by atoms with Gasteiger partial charge in [-0.1, -0.05) is 11.6 Å². The first-order valence-electron chi connectivity index (χ1n) is 6.11. The van der Waals surface area contributed by atoms with Crippen molar-refractivity contribution in [2.75, 3.05) is 0 Å². The smallest absolute Gasteiger partial charge is 0.359 e. The number of imidazole rings is 1. The van der Waals surface area contributed by atoms with E-state index in [-0.39, 0.29) is 16.8 Å². The van der Waals surface area contributed by atoms with Crippen LogP contribution in [-0.4, -0.2) is 22.0 Å². The first-order valence-corrected chi connectivity index (χ1v) is 6.49. The van der Waals surface area contributed by atoms with Gasteiger partial charge in [-0.25, -0.2) is 14.2 Å². The zero-order valence-electron chi connectivity index (χ0n) is 11.3. The van der Waals surface area contributed by atoms with Crippen LogP contribution in [0.4, 0.5) is 4.39 Å². The summed E-state index contributed by atoms with van der Waals surface area (Å²) in [7, 11) is 0. The molecule has 1 aromatic carbocycles. The third kappa shape index (κ3) is 2.99. The fourth-order valence-electron chi connectivity index (χ4n) is 1.71. The molecule has 0 radical (unpaired) electrons. The number of H-pyrrole nitrogens is 1. The summed E-state index contributed by atoms with van der Waals surface area (Å²) in [5.74, 6) is -0.550. The minimum Gasteiger partial charge on any atom is -0.458 e. The number of aryl methyl sites for hydroxylation is 1. The molecule has 20 heavy (non-hydrogen) atoms. The number of benzene rings is 1. The molecule has 2 rings (SSSR count). The molecule has 0 atom stereocenters. The third-order valence-electron chi connectivity index (χ3n) is 2.61. The topological polar surface area (TPSA) is 55.0 Å². The fourth-order valence-corrected chi connectivity index (χ4v) is 1.89. The fraction of sp³-hybridized carbons (Fsp3) is 0.286. The molecule has 0 saturated heterocycles. The number of ether oxygens (including phenoxy) is 1. The Morgan fingerprint density at radius 3 is 2.75 bits per heavy atom. The summed E-state index contributed by atoms with van der Waals surface area (Å²) >= 11 is 5.73. The highest BCUT2D eigenvalue weighted by atomic mass is 35.5. The van der Waals surface area contributed by atoms with Crippen LogP contribution in [0.2, 0.25) is 5.02 Å². The van der Waals surface area contributed by atoms with Gasteiger partial charge in [0.15, 0.2) is 5.69 Å². The molecule has 4 nitrogen and oxygen atoms in total. The maximum Gasteiger partial charge on any atom is 0.359 e. The molecule has 0 spiro atoms. The molecule has 0 aliphatic carbocycles. The Morgan fingerprint density at radius 2 is 2.15 bits per heavy atom. The van der Waals surface area contributed by atoms with Gasteiger partial charge < -0.3 is 9.72 Å². The molecule has 0 fully saturated rings. The first-order chi connectivity index (χ1) is 9.38. The number of esters is 1. The Morgan fingerprint density at radius 1 is 1.45 bits per heavy atom. The van der Waals surface area contributed by atoms with Gasteiger partial charge in [-0.05, 0) is 39.0 Å². The molecule has 0 aliphatic heterocycles. The molecule has 106 valence electrons. The van der Waals surface area contributed by atoms with E-state index in [1.165, 1.54) is 18.2 Å². The molecule has 0 unspecified atom stereocenters. The van der Waals surface area contributed by atoms with Crippen LogP contribution in [0.5, 0.6) is 0 Å². The molecular weight excluding hydrogens is 283 g/mol. The lowest BCUT2D eigenvalue weighted by Crippen LogP contribution is -2.13. The van der Waals surface area contributed by atoms with E-state index in [1.54, 1.807) is 20.8 Å². The number of aromatic nitrogens is 2. The van der Waals surface area contributed by atoms with E-state index in [2.05, 4.69) is 9.97 Å². The van der Waals surface area contributed by atoms with Crippen molar-refractivity contribution in [2.45, 2.75) is 26.9 Å². The second-order valence-electron chi connectivity index (χ2n) is 4.64. The molecule has 0 saturated carbocycles. The van der Waals surface area contributed by atoms with Gasteiger partial charge in [-0.3, -0.25) is 0 Å². The van der Waals surface area contributed by atoms with Crippen LogP contribution >= 0.6 is 11.6 Å². The predicted octanol–water partition coefficient (Wildman–Crippen LogP) is 3.74. The zero-order chi connectivity index (χ0) is 14.9. The van der Waals surface area contributed by atoms with Crippen molar-refractivity contribution in [3.8, 4) is 11.4 Å². The lowest BCUT2D eigenvalue weighted by atomic mass is 10.2. The summed E-state index contributed by atoms with van der Waals surface area (Å²) in [5, 5.41) is 0.00265. The number of halogens is 2. The normalized spacial score (nSPS) is 10.9. The highest BCUT2D eigenvalue weighted by Crippen LogP contribution is 2.24. The zero-order valence-corrected chi connectivity index (χ0v) is 12.1. The standard InChI is InChI=1S/C14H14ClFN2O2/c1-7(2)20-14(19)12-8(3)17-13(18-12)9-4-5-11(16)10(15)6-9/h4-7H,1-3H3,(H,17,18). The third-order valence-corrected chi connectivity index (χ3v) is 2.90. The quantitative estimate of drug-likeness (QED) is 0.878. The number of hydrogen-bond acceptors (Lipinski definition) is 3. The lowest BCUT2D eigenvalue weighted by Gasteiger charge is -2.05. The molecule has 0 aliphatic rings. The van der Waals surface area contributed by atoms with Gasteiger partial charge in [0, 0.05) is 11.3 Å². The molecule has 1 aromatic heterocycles. The number of nitrogens with zero attached hydrogens (tertiary/aromatic N) is 1. The molecule has 0 bridgehead atoms. The van der Waals surface area contributed by atoms with Gasteiger partial charge in [0.05, 0.1) is 11.1 Å². The Labute approximate surface area is 120 Å². The van der Waals surface area contributed by atoms with Crippen LogP contribution in [0.1, 0.15) is 30.0 Å². The summed E-state index contributed by atoms with van der Waals surface area (Å²) in [6.45, 7) is 5.25. The van der Waals surface area contributed by atoms with Crippen molar-refractivity contribution in [3.05, 3.63) is 40.4 Å². The van der Waals surface area contributed by atoms with Gasteiger partial charge in [-0.2, -0.15) is 0 Å². The highest BCUT2D eigenvalue weighted by Gasteiger charge is 2.18. The van der Waals surface area contributed by atoms with Crippen LogP contribution in [-0.2, 0) is 4.74 Å². The minimum absolute atomic E-state index is 0.00265. The van der Waals surface area contributed by atoms with Crippen molar-refractivity contribution in [1.29, 1.82) is 0 Å². The lowest BCUT2D eigenvalue weighted by molar-refractivity contribution is 0.0370. The Kier molecular flexibility index (Phi) is 4.09. The van der Waals surface area contributed by atoms with Crippen molar-refractivity contribution >= 4 is 17.6 Å². The van der Waals surface area contributed by atoms with E-state index in [0.717, 1.165) is 0 Å². The maximum atomic E-state index is 13.1. The van der Waals surface area contributed by atoms with Crippen molar-refractivity contribution < 1.29 is 13.9 Å². The van der Waals surface area contributed by atoms with Gasteiger partial charge in [0.25, 0.3) is 0 Å². The summed E-state index contributed by atoms with van der Waals surface area (Å²) < 4.78 is 18.2. The molecule has 1 N–H and O–H groups in total. The number of rotatable bonds is 3. The number of carbonyl (C=O) groups is 1. The monoisotopic (exact) mass is 296 g/mol. The second kappa shape index (κ2) is 5.63. The summed E-state index contributed by atoms with van der Waals surface area (Å²) in [4.78, 5) is 19.0. The predicted molar refractivity (Wildman–Crippen MR) is 74.3 cm³/mol. The van der Waals surface area contributed by atoms with Gasteiger partial charge >= 0.3 is 5.97 Å². The average Bonchev–Trinajstić information content (AvgIpc) is 2.74. The molecule has 0 amide bonds. The summed E-state index contributed by atoms with van der Waals surface area (Å²) in [5.41, 5.74) is 1.41. The van der Waals surface area contributed by atoms with E-state index in [4.69, 9.17) is 16.3 Å². The molecule has 6 heteroatoms. The van der Waals surface area contributed by atoms with Crippen molar-refractivity contribution in [2.24, 2.45) is 0 Å². The number of carbonyl (C=O) groups excluding carboxylic acids is 1. The van der Waals surface area contributed by atoms with E-state index in [9.17, 15) is 9.18 Å². The van der Waals surface area contributed by atoms with E-state index in [1.807, 2.05) is 0 Å². The largest absolute Gasteiger partial charge is 0.458 e. The first kappa shape index (κ1) is 14.5. The van der Waals surface area contributed by atoms with Crippen LogP contribution in [0.3, 0.4) is 0 Å². The van der Waals surface area contributed by atoms with E-state index < -0.39 is 11.8 Å². The number of hydrogen-bond donors (Lipinski definition) is 1. The van der Waals surface area contributed by atoms with Gasteiger partial charge in [0.1, 0.15) is 11.6 Å². The summed E-state index contributed by atoms with van der Waals surface area (Å²) in [6.07, 6.45) is -0.220. The Hall–Kier alpha value is -1.88. The van der Waals surface area contributed by atoms with Crippen LogP contribution in [0, 0.1) is 12.7 Å². The summed E-state index contributed by atoms with van der Waals surface area (Å²) in [6, 6.07) is 4.24. The van der Waals surface area contributed by atoms with Crippen molar-refractivity contribution in [3.63, 3.8) is 0 Å². The van der Waals surface area contributed by atoms with Crippen LogP contribution in [0.25, 0.3) is 11.4 Å². The molecular formula is C14H14ClFN2O2. The van der Waals surface area contributed by atoms with Gasteiger partial charge in [-0.15, -0.1) is 0 Å². The van der Waals surface area contributed by atoms with Gasteiger partial charge in [0.2, 0.25) is 0 Å². The average molecular weight is 297 g/mol. The van der Waals surface area contributed by atoms with E-state index in [0.29, 0.717) is 17.1 Å². The molecule has 1 heterocycles. The molecule has 2 aromatic rings. The Balaban J connectivity index is 2.35. The SMILES string of the molecule is Cc1[nH]c(-c2ccc(F)c(Cl)c2)nc1C(=O)OC(C)C. The maximum absolute atomic E-state index is 13.1. The van der Waals surface area contributed by atoms with Crippen molar-refractivity contribution in [1.82, 2.24) is 9.97 Å². The minimum atomic E-state index is -0.502. The second-order valence-corrected chi connectivity index (χ2v) is 5.05. The number of nitrogens with one attached hydrogen (secondary N) is 1. The number of aromatic amines is 1.